The number of piperazine rings is 1. The SMILES string of the molecule is Cc1ccc2c(c1)c(=O)ccn2CC(=O)N1CCN(c2ccc(F)cc2)CC1. The second-order valence-electron chi connectivity index (χ2n) is 7.17. The second-order valence-corrected chi connectivity index (χ2v) is 7.17. The Hall–Kier alpha value is -3.15. The summed E-state index contributed by atoms with van der Waals surface area (Å²) in [4.78, 5) is 28.9. The molecule has 3 aromatic rings. The summed E-state index contributed by atoms with van der Waals surface area (Å²) in [5.41, 5.74) is 2.73. The first-order valence-electron chi connectivity index (χ1n) is 9.39. The van der Waals surface area contributed by atoms with Crippen LogP contribution in [0.25, 0.3) is 10.9 Å². The third-order valence-corrected chi connectivity index (χ3v) is 5.26. The van der Waals surface area contributed by atoms with Crippen molar-refractivity contribution < 1.29 is 9.18 Å². The van der Waals surface area contributed by atoms with Gasteiger partial charge < -0.3 is 14.4 Å². The van der Waals surface area contributed by atoms with Crippen LogP contribution in [-0.4, -0.2) is 41.6 Å². The van der Waals surface area contributed by atoms with Gasteiger partial charge in [0, 0.05) is 49.5 Å². The van der Waals surface area contributed by atoms with Crippen molar-refractivity contribution in [3.05, 3.63) is 76.3 Å². The molecule has 28 heavy (non-hydrogen) atoms. The van der Waals surface area contributed by atoms with Crippen LogP contribution in [0.1, 0.15) is 5.56 Å². The average molecular weight is 379 g/mol. The van der Waals surface area contributed by atoms with Gasteiger partial charge in [-0.2, -0.15) is 0 Å². The highest BCUT2D eigenvalue weighted by atomic mass is 19.1. The molecule has 1 saturated heterocycles. The number of aromatic nitrogens is 1. The summed E-state index contributed by atoms with van der Waals surface area (Å²) in [6.07, 6.45) is 1.69. The molecule has 1 aromatic heterocycles. The van der Waals surface area contributed by atoms with Gasteiger partial charge in [-0.25, -0.2) is 4.39 Å². The predicted octanol–water partition coefficient (Wildman–Crippen LogP) is 2.80. The number of nitrogens with zero attached hydrogens (tertiary/aromatic N) is 3. The van der Waals surface area contributed by atoms with E-state index in [2.05, 4.69) is 4.90 Å². The Balaban J connectivity index is 1.45. The minimum atomic E-state index is -0.249. The molecule has 1 fully saturated rings. The molecule has 0 unspecified atom stereocenters. The largest absolute Gasteiger partial charge is 0.368 e. The molecule has 0 spiro atoms. The zero-order valence-electron chi connectivity index (χ0n) is 15.8. The van der Waals surface area contributed by atoms with Gasteiger partial charge in [0.1, 0.15) is 12.4 Å². The third kappa shape index (κ3) is 3.63. The number of carbonyl (C=O) groups excluding carboxylic acids is 1. The van der Waals surface area contributed by atoms with E-state index in [0.717, 1.165) is 16.8 Å². The molecule has 0 N–H and O–H groups in total. The Morgan fingerprint density at radius 2 is 1.71 bits per heavy atom. The van der Waals surface area contributed by atoms with Crippen molar-refractivity contribution >= 4 is 22.5 Å². The van der Waals surface area contributed by atoms with Gasteiger partial charge in [-0.1, -0.05) is 11.6 Å². The van der Waals surface area contributed by atoms with Crippen LogP contribution in [0.5, 0.6) is 0 Å². The first kappa shape index (κ1) is 18.2. The summed E-state index contributed by atoms with van der Waals surface area (Å²) in [6, 6.07) is 13.7. The summed E-state index contributed by atoms with van der Waals surface area (Å²) < 4.78 is 14.9. The molecule has 144 valence electrons. The first-order chi connectivity index (χ1) is 13.5. The van der Waals surface area contributed by atoms with Gasteiger partial charge in [-0.15, -0.1) is 0 Å². The predicted molar refractivity (Wildman–Crippen MR) is 108 cm³/mol. The number of carbonyl (C=O) groups is 1. The number of hydrogen-bond donors (Lipinski definition) is 0. The van der Waals surface area contributed by atoms with E-state index in [0.29, 0.717) is 31.6 Å². The van der Waals surface area contributed by atoms with Gasteiger partial charge in [-0.3, -0.25) is 9.59 Å². The Kier molecular flexibility index (Phi) is 4.86. The number of anilines is 1. The van der Waals surface area contributed by atoms with E-state index in [1.54, 1.807) is 18.3 Å². The fraction of sp³-hybridized carbons (Fsp3) is 0.273. The molecule has 0 aliphatic carbocycles. The summed E-state index contributed by atoms with van der Waals surface area (Å²) in [6.45, 7) is 4.81. The van der Waals surface area contributed by atoms with Crippen LogP contribution in [0.3, 0.4) is 0 Å². The normalized spacial score (nSPS) is 14.5. The van der Waals surface area contributed by atoms with E-state index in [1.165, 1.54) is 18.2 Å². The third-order valence-electron chi connectivity index (χ3n) is 5.26. The zero-order chi connectivity index (χ0) is 19.7. The number of amides is 1. The number of pyridine rings is 1. The highest BCUT2D eigenvalue weighted by Gasteiger charge is 2.21. The quantitative estimate of drug-likeness (QED) is 0.703. The van der Waals surface area contributed by atoms with Crippen molar-refractivity contribution in [3.8, 4) is 0 Å². The van der Waals surface area contributed by atoms with E-state index >= 15 is 0 Å². The lowest BCUT2D eigenvalue weighted by molar-refractivity contribution is -0.132. The van der Waals surface area contributed by atoms with Crippen molar-refractivity contribution in [1.29, 1.82) is 0 Å². The molecule has 0 bridgehead atoms. The monoisotopic (exact) mass is 379 g/mol. The smallest absolute Gasteiger partial charge is 0.242 e. The van der Waals surface area contributed by atoms with E-state index in [4.69, 9.17) is 0 Å². The molecule has 0 saturated carbocycles. The van der Waals surface area contributed by atoms with E-state index in [1.807, 2.05) is 34.6 Å². The van der Waals surface area contributed by atoms with Crippen LogP contribution in [0.15, 0.2) is 59.5 Å². The lowest BCUT2D eigenvalue weighted by Crippen LogP contribution is -2.49. The van der Waals surface area contributed by atoms with Gasteiger partial charge in [-0.05, 0) is 43.3 Å². The molecule has 1 aliphatic rings. The molecule has 6 heteroatoms. The van der Waals surface area contributed by atoms with Crippen molar-refractivity contribution in [2.45, 2.75) is 13.5 Å². The lowest BCUT2D eigenvalue weighted by atomic mass is 10.1. The maximum Gasteiger partial charge on any atom is 0.242 e. The van der Waals surface area contributed by atoms with Crippen LogP contribution in [0.4, 0.5) is 10.1 Å². The van der Waals surface area contributed by atoms with E-state index in [9.17, 15) is 14.0 Å². The molecule has 0 radical (unpaired) electrons. The van der Waals surface area contributed by atoms with E-state index in [-0.39, 0.29) is 23.7 Å². The highest BCUT2D eigenvalue weighted by Crippen LogP contribution is 2.18. The van der Waals surface area contributed by atoms with Gasteiger partial charge in [0.2, 0.25) is 5.91 Å². The topological polar surface area (TPSA) is 45.6 Å². The fourth-order valence-corrected chi connectivity index (χ4v) is 3.68. The van der Waals surface area contributed by atoms with Crippen molar-refractivity contribution in [2.24, 2.45) is 0 Å². The molecule has 0 atom stereocenters. The summed E-state index contributed by atoms with van der Waals surface area (Å²) in [5, 5.41) is 0.636. The Morgan fingerprint density at radius 1 is 1.00 bits per heavy atom. The Morgan fingerprint density at radius 3 is 2.43 bits per heavy atom. The molecule has 1 aliphatic heterocycles. The van der Waals surface area contributed by atoms with Crippen molar-refractivity contribution in [1.82, 2.24) is 9.47 Å². The molecule has 4 rings (SSSR count). The molecule has 2 aromatic carbocycles. The van der Waals surface area contributed by atoms with Gasteiger partial charge in [0.25, 0.3) is 0 Å². The van der Waals surface area contributed by atoms with Gasteiger partial charge in [0.05, 0.1) is 5.52 Å². The second kappa shape index (κ2) is 7.46. The number of halogens is 1. The van der Waals surface area contributed by atoms with Crippen LogP contribution in [-0.2, 0) is 11.3 Å². The number of rotatable bonds is 3. The minimum Gasteiger partial charge on any atom is -0.368 e. The number of fused-ring (bicyclic) bond motifs is 1. The molecule has 5 nitrogen and oxygen atoms in total. The maximum absolute atomic E-state index is 13.1. The van der Waals surface area contributed by atoms with Gasteiger partial charge in [0.15, 0.2) is 5.43 Å². The zero-order valence-corrected chi connectivity index (χ0v) is 15.8. The van der Waals surface area contributed by atoms with Crippen molar-refractivity contribution in [3.63, 3.8) is 0 Å². The molecular weight excluding hydrogens is 357 g/mol. The summed E-state index contributed by atoms with van der Waals surface area (Å²) in [5.74, 6) is -0.217. The summed E-state index contributed by atoms with van der Waals surface area (Å²) in [7, 11) is 0. The highest BCUT2D eigenvalue weighted by molar-refractivity contribution is 5.83. The average Bonchev–Trinajstić information content (AvgIpc) is 2.71. The van der Waals surface area contributed by atoms with Crippen molar-refractivity contribution in [2.75, 3.05) is 31.1 Å². The Bertz CT molecular complexity index is 1070. The van der Waals surface area contributed by atoms with Gasteiger partial charge >= 0.3 is 0 Å². The molecule has 2 heterocycles. The standard InChI is InChI=1S/C22H22FN3O2/c1-16-2-7-20-19(14-16)21(27)8-9-26(20)15-22(28)25-12-10-24(11-13-25)18-5-3-17(23)4-6-18/h2-9,14H,10-13,15H2,1H3. The fourth-order valence-electron chi connectivity index (χ4n) is 3.68. The summed E-state index contributed by atoms with van der Waals surface area (Å²) >= 11 is 0. The Labute approximate surface area is 162 Å². The van der Waals surface area contributed by atoms with Crippen LogP contribution in [0.2, 0.25) is 0 Å². The molecular formula is C22H22FN3O2. The number of aryl methyl sites for hydroxylation is 1. The minimum absolute atomic E-state index is 0.0317. The lowest BCUT2D eigenvalue weighted by Gasteiger charge is -2.36. The van der Waals surface area contributed by atoms with E-state index < -0.39 is 0 Å². The van der Waals surface area contributed by atoms with Crippen LogP contribution < -0.4 is 10.3 Å². The molecule has 1 amide bonds. The maximum atomic E-state index is 13.1. The van der Waals surface area contributed by atoms with Crippen LogP contribution >= 0.6 is 0 Å². The van der Waals surface area contributed by atoms with Crippen LogP contribution in [0, 0.1) is 12.7 Å². The first-order valence-corrected chi connectivity index (χ1v) is 9.39. The number of benzene rings is 2. The number of hydrogen-bond acceptors (Lipinski definition) is 3.